The van der Waals surface area contributed by atoms with Crippen LogP contribution in [0.25, 0.3) is 22.6 Å². The number of alkyl halides is 3. The van der Waals surface area contributed by atoms with Crippen LogP contribution >= 0.6 is 0 Å². The number of benzene rings is 1. The third kappa shape index (κ3) is 4.75. The maximum absolute atomic E-state index is 14.2. The zero-order chi connectivity index (χ0) is 28.1. The van der Waals surface area contributed by atoms with Crippen LogP contribution in [0.5, 0.6) is 0 Å². The highest BCUT2D eigenvalue weighted by atomic mass is 19.4. The molecule has 0 saturated carbocycles. The lowest BCUT2D eigenvalue weighted by atomic mass is 9.92. The number of nitrogens with one attached hydrogen (secondary N) is 2. The van der Waals surface area contributed by atoms with Gasteiger partial charge in [-0.25, -0.2) is 4.98 Å². The molecule has 1 aliphatic heterocycles. The number of anilines is 1. The fourth-order valence-electron chi connectivity index (χ4n) is 4.69. The Bertz CT molecular complexity index is 1590. The lowest BCUT2D eigenvalue weighted by Gasteiger charge is -2.20. The minimum atomic E-state index is -4.80. The maximum atomic E-state index is 14.2. The Morgan fingerprint density at radius 1 is 1.15 bits per heavy atom. The first kappa shape index (κ1) is 26.1. The van der Waals surface area contributed by atoms with Gasteiger partial charge in [-0.05, 0) is 30.2 Å². The fraction of sp³-hybridized carbons (Fsp3) is 0.308. The predicted molar refractivity (Wildman–Crippen MR) is 136 cm³/mol. The van der Waals surface area contributed by atoms with E-state index >= 15 is 0 Å². The monoisotopic (exact) mass is 538 g/mol. The molecule has 3 aromatic heterocycles. The van der Waals surface area contributed by atoms with E-state index in [9.17, 15) is 22.8 Å². The molecule has 1 amide bonds. The summed E-state index contributed by atoms with van der Waals surface area (Å²) >= 11 is 0. The highest BCUT2D eigenvalue weighted by Crippen LogP contribution is 2.43. The SMILES string of the molecule is CC(C)CNc1cc(-c2c(-c3nncn3C)cnn2C)cc(C2NC(=O)c3cc(C=O)cc(C(F)(F)F)c32)n1. The van der Waals surface area contributed by atoms with Gasteiger partial charge in [0.25, 0.3) is 5.91 Å². The van der Waals surface area contributed by atoms with E-state index in [4.69, 9.17) is 0 Å². The van der Waals surface area contributed by atoms with Gasteiger partial charge in [-0.1, -0.05) is 13.8 Å². The summed E-state index contributed by atoms with van der Waals surface area (Å²) in [6.45, 7) is 4.58. The van der Waals surface area contributed by atoms with Gasteiger partial charge in [0.05, 0.1) is 34.8 Å². The van der Waals surface area contributed by atoms with Gasteiger partial charge in [0, 0.05) is 42.9 Å². The number of rotatable bonds is 7. The Kier molecular flexibility index (Phi) is 6.44. The number of aldehydes is 1. The smallest absolute Gasteiger partial charge is 0.370 e. The molecule has 1 aliphatic rings. The molecular weight excluding hydrogens is 513 g/mol. The van der Waals surface area contributed by atoms with Gasteiger partial charge in [-0.15, -0.1) is 10.2 Å². The van der Waals surface area contributed by atoms with E-state index in [-0.39, 0.29) is 28.3 Å². The molecule has 1 aromatic carbocycles. The summed E-state index contributed by atoms with van der Waals surface area (Å²) in [5.41, 5.74) is 0.324. The molecule has 0 fully saturated rings. The van der Waals surface area contributed by atoms with Gasteiger partial charge < -0.3 is 15.2 Å². The Balaban J connectivity index is 1.72. The van der Waals surface area contributed by atoms with Gasteiger partial charge in [-0.3, -0.25) is 14.3 Å². The van der Waals surface area contributed by atoms with Crippen molar-refractivity contribution in [3.05, 3.63) is 64.7 Å². The topological polar surface area (TPSA) is 120 Å². The van der Waals surface area contributed by atoms with E-state index < -0.39 is 23.7 Å². The Labute approximate surface area is 221 Å². The quantitative estimate of drug-likeness (QED) is 0.341. The second-order valence-corrected chi connectivity index (χ2v) is 9.79. The number of aromatic nitrogens is 6. The normalized spacial score (nSPS) is 15.0. The fourth-order valence-corrected chi connectivity index (χ4v) is 4.69. The molecule has 0 saturated heterocycles. The molecule has 39 heavy (non-hydrogen) atoms. The number of nitrogens with zero attached hydrogens (tertiary/aromatic N) is 6. The van der Waals surface area contributed by atoms with Gasteiger partial charge in [0.15, 0.2) is 5.82 Å². The summed E-state index contributed by atoms with van der Waals surface area (Å²) in [6, 6.07) is 4.14. The molecule has 1 atom stereocenters. The molecule has 5 rings (SSSR count). The lowest BCUT2D eigenvalue weighted by Crippen LogP contribution is -2.22. The molecule has 202 valence electrons. The van der Waals surface area contributed by atoms with Crippen LogP contribution in [0.4, 0.5) is 19.0 Å². The third-order valence-electron chi connectivity index (χ3n) is 6.45. The van der Waals surface area contributed by atoms with Crippen molar-refractivity contribution in [3.8, 4) is 22.6 Å². The molecular formula is C26H25F3N8O2. The van der Waals surface area contributed by atoms with E-state index in [0.29, 0.717) is 41.3 Å². The van der Waals surface area contributed by atoms with E-state index in [1.165, 1.54) is 6.07 Å². The van der Waals surface area contributed by atoms with Crippen molar-refractivity contribution in [2.75, 3.05) is 11.9 Å². The summed E-state index contributed by atoms with van der Waals surface area (Å²) in [4.78, 5) is 28.8. The number of halogens is 3. The highest BCUT2D eigenvalue weighted by Gasteiger charge is 2.42. The molecule has 4 heterocycles. The molecule has 4 aromatic rings. The van der Waals surface area contributed by atoms with Crippen molar-refractivity contribution < 1.29 is 22.8 Å². The first-order valence-electron chi connectivity index (χ1n) is 12.1. The summed E-state index contributed by atoms with van der Waals surface area (Å²) in [6.07, 6.45) is -1.32. The minimum Gasteiger partial charge on any atom is -0.370 e. The average molecular weight is 539 g/mol. The molecule has 13 heteroatoms. The van der Waals surface area contributed by atoms with E-state index in [2.05, 4.69) is 30.9 Å². The summed E-state index contributed by atoms with van der Waals surface area (Å²) in [5.74, 6) is 0.513. The summed E-state index contributed by atoms with van der Waals surface area (Å²) in [7, 11) is 3.53. The van der Waals surface area contributed by atoms with Crippen molar-refractivity contribution >= 4 is 18.0 Å². The molecule has 0 radical (unpaired) electrons. The van der Waals surface area contributed by atoms with Crippen LogP contribution < -0.4 is 10.6 Å². The zero-order valence-corrected chi connectivity index (χ0v) is 21.5. The lowest BCUT2D eigenvalue weighted by molar-refractivity contribution is -0.138. The van der Waals surface area contributed by atoms with Crippen LogP contribution in [0.3, 0.4) is 0 Å². The van der Waals surface area contributed by atoms with Crippen molar-refractivity contribution in [1.82, 2.24) is 34.8 Å². The predicted octanol–water partition coefficient (Wildman–Crippen LogP) is 4.01. The van der Waals surface area contributed by atoms with E-state index in [1.54, 1.807) is 48.0 Å². The summed E-state index contributed by atoms with van der Waals surface area (Å²) < 4.78 is 45.8. The van der Waals surface area contributed by atoms with Crippen LogP contribution in [0, 0.1) is 5.92 Å². The van der Waals surface area contributed by atoms with Crippen molar-refractivity contribution in [2.24, 2.45) is 20.0 Å². The highest BCUT2D eigenvalue weighted by molar-refractivity contribution is 6.01. The van der Waals surface area contributed by atoms with Crippen LogP contribution in [0.15, 0.2) is 36.8 Å². The third-order valence-corrected chi connectivity index (χ3v) is 6.45. The molecule has 0 aliphatic carbocycles. The van der Waals surface area contributed by atoms with E-state index in [0.717, 1.165) is 6.07 Å². The van der Waals surface area contributed by atoms with Crippen molar-refractivity contribution in [2.45, 2.75) is 26.1 Å². The van der Waals surface area contributed by atoms with Gasteiger partial charge in [-0.2, -0.15) is 18.3 Å². The average Bonchev–Trinajstić information content (AvgIpc) is 3.57. The number of carbonyl (C=O) groups excluding carboxylic acids is 2. The largest absolute Gasteiger partial charge is 0.416 e. The standard InChI is InChI=1S/C26H25F3N8O2/c1-13(2)9-30-20-8-15(23-17(10-32-37(23)4)24-35-31-12-36(24)3)7-19(33-20)22-21-16(25(39)34-22)5-14(11-38)6-18(21)26(27,28)29/h5-8,10-13,22H,9H2,1-4H3,(H,30,33)(H,34,39). The number of hydrogen-bond acceptors (Lipinski definition) is 7. The van der Waals surface area contributed by atoms with Crippen LogP contribution in [-0.4, -0.2) is 48.3 Å². The molecule has 0 bridgehead atoms. The molecule has 2 N–H and O–H groups in total. The zero-order valence-electron chi connectivity index (χ0n) is 21.5. The van der Waals surface area contributed by atoms with Crippen LogP contribution in [0.2, 0.25) is 0 Å². The van der Waals surface area contributed by atoms with Crippen molar-refractivity contribution in [1.29, 1.82) is 0 Å². The summed E-state index contributed by atoms with van der Waals surface area (Å²) in [5, 5.41) is 18.4. The van der Waals surface area contributed by atoms with E-state index in [1.807, 2.05) is 13.8 Å². The minimum absolute atomic E-state index is 0.195. The molecule has 10 nitrogen and oxygen atoms in total. The Hall–Kier alpha value is -4.55. The number of amides is 1. The number of hydrogen-bond donors (Lipinski definition) is 2. The van der Waals surface area contributed by atoms with Crippen LogP contribution in [-0.2, 0) is 20.3 Å². The second-order valence-electron chi connectivity index (χ2n) is 9.79. The Morgan fingerprint density at radius 3 is 2.56 bits per heavy atom. The van der Waals surface area contributed by atoms with Gasteiger partial charge in [0.1, 0.15) is 18.4 Å². The van der Waals surface area contributed by atoms with Crippen LogP contribution in [0.1, 0.15) is 57.4 Å². The molecule has 0 spiro atoms. The first-order chi connectivity index (χ1) is 18.5. The van der Waals surface area contributed by atoms with Gasteiger partial charge in [0.2, 0.25) is 0 Å². The number of fused-ring (bicyclic) bond motifs is 1. The number of pyridine rings is 1. The van der Waals surface area contributed by atoms with Crippen molar-refractivity contribution in [3.63, 3.8) is 0 Å². The first-order valence-corrected chi connectivity index (χ1v) is 12.1. The number of carbonyl (C=O) groups is 2. The second kappa shape index (κ2) is 9.64. The molecule has 1 unspecified atom stereocenters. The maximum Gasteiger partial charge on any atom is 0.416 e. The Morgan fingerprint density at radius 2 is 1.92 bits per heavy atom. The number of aryl methyl sites for hydroxylation is 2. The van der Waals surface area contributed by atoms with Gasteiger partial charge >= 0.3 is 6.18 Å².